The van der Waals surface area contributed by atoms with Crippen LogP contribution >= 0.6 is 11.8 Å². The number of carbonyl (C=O) groups excluding carboxylic acids is 1. The van der Waals surface area contributed by atoms with E-state index in [4.69, 9.17) is 4.74 Å². The zero-order valence-corrected chi connectivity index (χ0v) is 16.0. The highest BCUT2D eigenvalue weighted by molar-refractivity contribution is 7.98. The average Bonchev–Trinajstić information content (AvgIpc) is 3.03. The Hall–Kier alpha value is -2.28. The summed E-state index contributed by atoms with van der Waals surface area (Å²) in [5, 5.41) is 8.68. The number of ketones is 1. The molecule has 1 aromatic heterocycles. The van der Waals surface area contributed by atoms with E-state index in [0.717, 1.165) is 29.0 Å². The topological polar surface area (TPSA) is 69.0 Å². The number of fused-ring (bicyclic) bond motifs is 1. The lowest BCUT2D eigenvalue weighted by Crippen LogP contribution is -2.33. The van der Waals surface area contributed by atoms with Crippen LogP contribution in [0.4, 0.5) is 5.95 Å². The van der Waals surface area contributed by atoms with Crippen molar-refractivity contribution >= 4 is 23.5 Å². The maximum atomic E-state index is 12.9. The lowest BCUT2D eigenvalue weighted by molar-refractivity contribution is -0.117. The van der Waals surface area contributed by atoms with E-state index in [9.17, 15) is 4.79 Å². The molecule has 136 valence electrons. The minimum absolute atomic E-state index is 0.185. The number of allylic oxidation sites excluding steroid dienone is 2. The number of Topliss-reactive ketones (excluding diaryl/α,β-unsaturated/α-hetero) is 1. The number of anilines is 1. The van der Waals surface area contributed by atoms with E-state index < -0.39 is 0 Å². The van der Waals surface area contributed by atoms with Gasteiger partial charge >= 0.3 is 0 Å². The van der Waals surface area contributed by atoms with Crippen LogP contribution in [0.2, 0.25) is 0 Å². The first-order valence-corrected chi connectivity index (χ1v) is 10.1. The van der Waals surface area contributed by atoms with Gasteiger partial charge < -0.3 is 10.1 Å². The number of hydrogen-bond acceptors (Lipinski definition) is 6. The van der Waals surface area contributed by atoms with E-state index in [-0.39, 0.29) is 11.8 Å². The highest BCUT2D eigenvalue weighted by atomic mass is 32.2. The summed E-state index contributed by atoms with van der Waals surface area (Å²) >= 11 is 1.49. The number of nitrogens with one attached hydrogen (secondary N) is 1. The number of nitrogens with zero attached hydrogens (tertiary/aromatic N) is 3. The van der Waals surface area contributed by atoms with Crippen LogP contribution in [0.3, 0.4) is 0 Å². The van der Waals surface area contributed by atoms with Crippen molar-refractivity contribution in [3.05, 3.63) is 41.1 Å². The third kappa shape index (κ3) is 2.90. The van der Waals surface area contributed by atoms with Crippen LogP contribution in [-0.4, -0.2) is 33.4 Å². The molecule has 0 fully saturated rings. The Balaban J connectivity index is 1.87. The molecule has 0 spiro atoms. The largest absolute Gasteiger partial charge is 0.494 e. The first-order valence-electron chi connectivity index (χ1n) is 8.87. The predicted octanol–water partition coefficient (Wildman–Crippen LogP) is 3.67. The van der Waals surface area contributed by atoms with Gasteiger partial charge in [0.1, 0.15) is 11.8 Å². The van der Waals surface area contributed by atoms with Gasteiger partial charge in [-0.3, -0.25) is 4.79 Å². The van der Waals surface area contributed by atoms with E-state index in [1.54, 1.807) is 0 Å². The molecule has 4 rings (SSSR count). The Morgan fingerprint density at radius 1 is 1.38 bits per heavy atom. The van der Waals surface area contributed by atoms with E-state index in [1.807, 2.05) is 42.1 Å². The van der Waals surface area contributed by atoms with Crippen LogP contribution in [0, 0.1) is 5.92 Å². The Morgan fingerprint density at radius 3 is 3.00 bits per heavy atom. The number of aromatic nitrogens is 3. The Labute approximate surface area is 157 Å². The van der Waals surface area contributed by atoms with Gasteiger partial charge in [-0.05, 0) is 43.2 Å². The fourth-order valence-electron chi connectivity index (χ4n) is 3.72. The van der Waals surface area contributed by atoms with Crippen LogP contribution in [0.25, 0.3) is 0 Å². The van der Waals surface area contributed by atoms with Crippen molar-refractivity contribution in [1.82, 2.24) is 14.8 Å². The number of hydrogen-bond donors (Lipinski definition) is 1. The summed E-state index contributed by atoms with van der Waals surface area (Å²) < 4.78 is 7.50. The molecule has 1 aliphatic carbocycles. The fourth-order valence-corrected chi connectivity index (χ4v) is 4.07. The zero-order valence-electron chi connectivity index (χ0n) is 15.2. The van der Waals surface area contributed by atoms with Crippen LogP contribution in [0.1, 0.15) is 38.3 Å². The van der Waals surface area contributed by atoms with Gasteiger partial charge in [-0.2, -0.15) is 4.98 Å². The molecule has 1 N–H and O–H groups in total. The summed E-state index contributed by atoms with van der Waals surface area (Å²) in [7, 11) is 0. The minimum atomic E-state index is -0.268. The molecule has 0 unspecified atom stereocenters. The molecule has 0 saturated carbocycles. The molecule has 7 heteroatoms. The van der Waals surface area contributed by atoms with Crippen molar-refractivity contribution in [1.29, 1.82) is 0 Å². The summed E-state index contributed by atoms with van der Waals surface area (Å²) in [5.74, 6) is 2.01. The van der Waals surface area contributed by atoms with Gasteiger partial charge in [0.05, 0.1) is 6.61 Å². The zero-order chi connectivity index (χ0) is 18.3. The van der Waals surface area contributed by atoms with E-state index in [2.05, 4.69) is 22.3 Å². The second kappa shape index (κ2) is 6.79. The van der Waals surface area contributed by atoms with E-state index in [1.165, 1.54) is 11.8 Å². The lowest BCUT2D eigenvalue weighted by Gasteiger charge is -2.34. The Kier molecular flexibility index (Phi) is 4.48. The summed E-state index contributed by atoms with van der Waals surface area (Å²) in [6.45, 7) is 4.68. The maximum absolute atomic E-state index is 12.9. The van der Waals surface area contributed by atoms with Crippen molar-refractivity contribution in [3.8, 4) is 5.75 Å². The summed E-state index contributed by atoms with van der Waals surface area (Å²) in [6.07, 6.45) is 3.37. The minimum Gasteiger partial charge on any atom is -0.494 e. The van der Waals surface area contributed by atoms with Crippen molar-refractivity contribution in [2.75, 3.05) is 18.2 Å². The molecular formula is C19H22N4O2S. The normalized spacial score (nSPS) is 21.9. The number of ether oxygens (including phenoxy) is 1. The monoisotopic (exact) mass is 370 g/mol. The smallest absolute Gasteiger partial charge is 0.227 e. The molecule has 6 nitrogen and oxygen atoms in total. The highest BCUT2D eigenvalue weighted by Crippen LogP contribution is 2.42. The Bertz CT molecular complexity index is 889. The number of rotatable bonds is 4. The quantitative estimate of drug-likeness (QED) is 0.828. The van der Waals surface area contributed by atoms with Crippen LogP contribution in [0.15, 0.2) is 40.7 Å². The molecule has 2 atom stereocenters. The molecule has 2 heterocycles. The molecule has 2 aliphatic rings. The van der Waals surface area contributed by atoms with Crippen molar-refractivity contribution < 1.29 is 9.53 Å². The molecule has 1 aliphatic heterocycles. The van der Waals surface area contributed by atoms with Crippen molar-refractivity contribution in [2.45, 2.75) is 37.9 Å². The summed E-state index contributed by atoms with van der Waals surface area (Å²) in [6, 6.07) is 7.65. The number of thioether (sulfide) groups is 1. The van der Waals surface area contributed by atoms with Crippen LogP contribution < -0.4 is 10.1 Å². The third-order valence-electron chi connectivity index (χ3n) is 4.77. The van der Waals surface area contributed by atoms with Crippen molar-refractivity contribution in [3.63, 3.8) is 0 Å². The van der Waals surface area contributed by atoms with Gasteiger partial charge in [0.15, 0.2) is 5.78 Å². The molecule has 2 aromatic rings. The second-order valence-corrected chi connectivity index (χ2v) is 7.50. The van der Waals surface area contributed by atoms with E-state index >= 15 is 0 Å². The predicted molar refractivity (Wildman–Crippen MR) is 102 cm³/mol. The van der Waals surface area contributed by atoms with Gasteiger partial charge in [-0.25, -0.2) is 4.68 Å². The molecule has 0 amide bonds. The molecule has 0 radical (unpaired) electrons. The highest BCUT2D eigenvalue weighted by Gasteiger charge is 2.38. The van der Waals surface area contributed by atoms with Gasteiger partial charge in [-0.15, -0.1) is 5.10 Å². The standard InChI is InChI=1S/C19H22N4O2S/c1-4-25-13-7-5-6-12(10-13)17-16-14(8-11(2)9-15(16)24)20-18-21-19(26-3)22-23(17)18/h5-7,10-11,17H,4,8-9H2,1-3H3,(H,20,21,22)/t11-,17+/m0/s1. The average molecular weight is 370 g/mol. The molecule has 1 aromatic carbocycles. The lowest BCUT2D eigenvalue weighted by atomic mass is 9.81. The summed E-state index contributed by atoms with van der Waals surface area (Å²) in [4.78, 5) is 17.5. The second-order valence-electron chi connectivity index (χ2n) is 6.73. The molecule has 26 heavy (non-hydrogen) atoms. The van der Waals surface area contributed by atoms with Gasteiger partial charge in [0.25, 0.3) is 0 Å². The SMILES string of the molecule is CCOc1cccc([C@@H]2C3=C(C[C@H](C)CC3=O)Nc3nc(SC)nn32)c1. The first-order chi connectivity index (χ1) is 12.6. The molecule has 0 bridgehead atoms. The van der Waals surface area contributed by atoms with Crippen molar-refractivity contribution in [2.24, 2.45) is 5.92 Å². The van der Waals surface area contributed by atoms with Gasteiger partial charge in [0, 0.05) is 17.7 Å². The molecular weight excluding hydrogens is 348 g/mol. The van der Waals surface area contributed by atoms with Crippen LogP contribution in [0.5, 0.6) is 5.75 Å². The van der Waals surface area contributed by atoms with Gasteiger partial charge in [0.2, 0.25) is 11.1 Å². The summed E-state index contributed by atoms with van der Waals surface area (Å²) in [5.41, 5.74) is 2.78. The van der Waals surface area contributed by atoms with Gasteiger partial charge in [-0.1, -0.05) is 30.8 Å². The van der Waals surface area contributed by atoms with Crippen LogP contribution in [-0.2, 0) is 4.79 Å². The maximum Gasteiger partial charge on any atom is 0.227 e. The number of benzene rings is 1. The number of carbonyl (C=O) groups is 1. The third-order valence-corrected chi connectivity index (χ3v) is 5.31. The fraction of sp³-hybridized carbons (Fsp3) is 0.421. The molecule has 0 saturated heterocycles. The van der Waals surface area contributed by atoms with E-state index in [0.29, 0.717) is 30.1 Å². The Morgan fingerprint density at radius 2 is 2.23 bits per heavy atom. The first kappa shape index (κ1) is 17.1.